The van der Waals surface area contributed by atoms with Gasteiger partial charge in [-0.1, -0.05) is 72.3 Å². The second-order valence-corrected chi connectivity index (χ2v) is 10.7. The zero-order chi connectivity index (χ0) is 32.8. The van der Waals surface area contributed by atoms with Crippen LogP contribution in [0.25, 0.3) is 22.3 Å². The molecular weight excluding hydrogens is 617 g/mol. The van der Waals surface area contributed by atoms with Gasteiger partial charge < -0.3 is 19.3 Å². The molecule has 0 radical (unpaired) electrons. The summed E-state index contributed by atoms with van der Waals surface area (Å²) in [6, 6.07) is 27.7. The maximum atomic E-state index is 13.9. The maximum Gasteiger partial charge on any atom is 0.292 e. The van der Waals surface area contributed by atoms with E-state index in [1.54, 1.807) is 79.0 Å². The molecular formula is C36H26ClF3N2O4. The molecule has 0 bridgehead atoms. The Kier molecular flexibility index (Phi) is 9.73. The Balaban J connectivity index is 0.000000181. The number of benzene rings is 4. The average molecular weight is 643 g/mol. The molecule has 10 heteroatoms. The molecule has 0 saturated carbocycles. The fourth-order valence-corrected chi connectivity index (χ4v) is 4.87. The first-order valence-corrected chi connectivity index (χ1v) is 14.3. The number of pyridine rings is 2. The lowest BCUT2D eigenvalue weighted by Crippen LogP contribution is -2.20. The van der Waals surface area contributed by atoms with Crippen LogP contribution in [0, 0.1) is 17.5 Å². The normalized spacial score (nSPS) is 10.7. The Bertz CT molecular complexity index is 2130. The predicted molar refractivity (Wildman–Crippen MR) is 172 cm³/mol. The summed E-state index contributed by atoms with van der Waals surface area (Å²) in [7, 11) is 0. The van der Waals surface area contributed by atoms with E-state index >= 15 is 0 Å². The van der Waals surface area contributed by atoms with Crippen molar-refractivity contribution in [1.82, 2.24) is 9.13 Å². The second-order valence-electron chi connectivity index (χ2n) is 10.3. The van der Waals surface area contributed by atoms with E-state index in [-0.39, 0.29) is 30.2 Å². The Hall–Kier alpha value is -5.54. The van der Waals surface area contributed by atoms with Crippen molar-refractivity contribution in [2.45, 2.75) is 13.1 Å². The van der Waals surface area contributed by atoms with E-state index in [2.05, 4.69) is 0 Å². The van der Waals surface area contributed by atoms with E-state index in [1.165, 1.54) is 47.2 Å². The van der Waals surface area contributed by atoms with Gasteiger partial charge in [0.15, 0.2) is 11.5 Å². The van der Waals surface area contributed by atoms with Crippen LogP contribution in [0.15, 0.2) is 131 Å². The van der Waals surface area contributed by atoms with Crippen molar-refractivity contribution in [1.29, 1.82) is 0 Å². The van der Waals surface area contributed by atoms with Crippen LogP contribution in [0.2, 0.25) is 5.02 Å². The van der Waals surface area contributed by atoms with Crippen molar-refractivity contribution < 1.29 is 23.4 Å². The fourth-order valence-electron chi connectivity index (χ4n) is 4.74. The SMILES string of the molecule is O=c1c(O)cc(-c2cccc(F)c2)cn1Cc1ccc(Cl)cc1.O=c1c(O)cc(-c2ccccc2F)cn1Cc1ccccc1F. The van der Waals surface area contributed by atoms with E-state index in [0.29, 0.717) is 27.3 Å². The third-order valence-electron chi connectivity index (χ3n) is 7.04. The summed E-state index contributed by atoms with van der Waals surface area (Å²) in [6.07, 6.45) is 3.01. The fraction of sp³-hybridized carbons (Fsp3) is 0.0556. The van der Waals surface area contributed by atoms with Gasteiger partial charge in [0.2, 0.25) is 0 Å². The van der Waals surface area contributed by atoms with E-state index in [4.69, 9.17) is 11.6 Å². The first-order chi connectivity index (χ1) is 22.1. The van der Waals surface area contributed by atoms with Gasteiger partial charge in [-0.25, -0.2) is 13.2 Å². The summed E-state index contributed by atoms with van der Waals surface area (Å²) in [4.78, 5) is 24.2. The van der Waals surface area contributed by atoms with Gasteiger partial charge in [-0.05, 0) is 59.7 Å². The Morgan fingerprint density at radius 3 is 1.83 bits per heavy atom. The summed E-state index contributed by atoms with van der Waals surface area (Å²) in [6.45, 7) is 0.230. The molecule has 0 atom stereocenters. The minimum absolute atomic E-state index is 0.0542. The van der Waals surface area contributed by atoms with Crippen LogP contribution < -0.4 is 11.1 Å². The minimum Gasteiger partial charge on any atom is -0.503 e. The predicted octanol–water partition coefficient (Wildman–Crippen LogP) is 7.61. The highest BCUT2D eigenvalue weighted by Crippen LogP contribution is 2.25. The molecule has 46 heavy (non-hydrogen) atoms. The van der Waals surface area contributed by atoms with Crippen molar-refractivity contribution in [2.24, 2.45) is 0 Å². The molecule has 2 N–H and O–H groups in total. The number of nitrogens with zero attached hydrogens (tertiary/aromatic N) is 2. The molecule has 6 aromatic rings. The molecule has 2 aromatic heterocycles. The van der Waals surface area contributed by atoms with Crippen LogP contribution in [0.3, 0.4) is 0 Å². The molecule has 6 rings (SSSR count). The topological polar surface area (TPSA) is 84.5 Å². The smallest absolute Gasteiger partial charge is 0.292 e. The highest BCUT2D eigenvalue weighted by Gasteiger charge is 2.12. The quantitative estimate of drug-likeness (QED) is 0.196. The van der Waals surface area contributed by atoms with Gasteiger partial charge in [0.1, 0.15) is 17.5 Å². The lowest BCUT2D eigenvalue weighted by Gasteiger charge is -2.11. The summed E-state index contributed by atoms with van der Waals surface area (Å²) in [5.41, 5.74) is 1.77. The zero-order valence-electron chi connectivity index (χ0n) is 24.1. The van der Waals surface area contributed by atoms with Gasteiger partial charge in [-0.3, -0.25) is 9.59 Å². The van der Waals surface area contributed by atoms with Crippen LogP contribution in [-0.4, -0.2) is 19.3 Å². The number of hydrogen-bond donors (Lipinski definition) is 2. The number of hydrogen-bond acceptors (Lipinski definition) is 4. The first kappa shape index (κ1) is 31.9. The number of aromatic nitrogens is 2. The molecule has 2 heterocycles. The molecule has 6 nitrogen and oxygen atoms in total. The number of rotatable bonds is 6. The largest absolute Gasteiger partial charge is 0.503 e. The monoisotopic (exact) mass is 642 g/mol. The number of halogens is 4. The molecule has 0 saturated heterocycles. The molecule has 0 spiro atoms. The molecule has 0 aliphatic rings. The standard InChI is InChI=1S/C18H13ClFNO2.C18H13F2NO2/c19-15-6-4-12(5-7-15)10-21-11-14(9-17(22)18(21)23)13-2-1-3-16(20)8-13;19-15-7-3-1-5-12(15)10-21-11-13(9-17(22)18(21)23)14-6-2-4-8-16(14)20/h2*1-9,11,22H,10H2. The average Bonchev–Trinajstić information content (AvgIpc) is 3.04. The second kappa shape index (κ2) is 14.0. The van der Waals surface area contributed by atoms with Gasteiger partial charge in [0.25, 0.3) is 11.1 Å². The van der Waals surface area contributed by atoms with Gasteiger partial charge in [-0.2, -0.15) is 0 Å². The van der Waals surface area contributed by atoms with Gasteiger partial charge in [0.05, 0.1) is 13.1 Å². The maximum absolute atomic E-state index is 13.9. The third kappa shape index (κ3) is 7.57. The Morgan fingerprint density at radius 2 is 1.17 bits per heavy atom. The summed E-state index contributed by atoms with van der Waals surface area (Å²) >= 11 is 5.85. The lowest BCUT2D eigenvalue weighted by atomic mass is 10.1. The van der Waals surface area contributed by atoms with Crippen molar-refractivity contribution in [3.05, 3.63) is 176 Å². The number of aromatic hydroxyl groups is 2. The van der Waals surface area contributed by atoms with Gasteiger partial charge in [0, 0.05) is 39.7 Å². The minimum atomic E-state index is -0.659. The van der Waals surface area contributed by atoms with Crippen molar-refractivity contribution in [2.75, 3.05) is 0 Å². The molecule has 0 amide bonds. The van der Waals surface area contributed by atoms with Crippen LogP contribution in [0.5, 0.6) is 11.5 Å². The molecule has 0 aliphatic heterocycles. The first-order valence-electron chi connectivity index (χ1n) is 13.9. The van der Waals surface area contributed by atoms with Crippen molar-refractivity contribution in [3.63, 3.8) is 0 Å². The Morgan fingerprint density at radius 1 is 0.587 bits per heavy atom. The molecule has 0 fully saturated rings. The van der Waals surface area contributed by atoms with Crippen molar-refractivity contribution in [3.8, 4) is 33.8 Å². The summed E-state index contributed by atoms with van der Waals surface area (Å²) in [5, 5.41) is 20.3. The summed E-state index contributed by atoms with van der Waals surface area (Å²) in [5.74, 6) is -2.18. The van der Waals surface area contributed by atoms with Crippen LogP contribution in [-0.2, 0) is 13.1 Å². The highest BCUT2D eigenvalue weighted by molar-refractivity contribution is 6.30. The van der Waals surface area contributed by atoms with E-state index in [0.717, 1.165) is 10.1 Å². The Labute approximate surface area is 266 Å². The van der Waals surface area contributed by atoms with Crippen LogP contribution >= 0.6 is 11.6 Å². The van der Waals surface area contributed by atoms with E-state index in [9.17, 15) is 33.0 Å². The zero-order valence-corrected chi connectivity index (χ0v) is 24.8. The third-order valence-corrected chi connectivity index (χ3v) is 7.29. The van der Waals surface area contributed by atoms with Gasteiger partial charge >= 0.3 is 0 Å². The summed E-state index contributed by atoms with van der Waals surface area (Å²) < 4.78 is 43.6. The lowest BCUT2D eigenvalue weighted by molar-refractivity contribution is 0.458. The highest BCUT2D eigenvalue weighted by atomic mass is 35.5. The molecule has 232 valence electrons. The molecule has 4 aromatic carbocycles. The van der Waals surface area contributed by atoms with Gasteiger partial charge in [-0.15, -0.1) is 0 Å². The molecule has 0 aliphatic carbocycles. The molecule has 0 unspecified atom stereocenters. The van der Waals surface area contributed by atoms with Crippen molar-refractivity contribution >= 4 is 11.6 Å². The van der Waals surface area contributed by atoms with E-state index in [1.807, 2.05) is 0 Å². The van der Waals surface area contributed by atoms with Crippen LogP contribution in [0.4, 0.5) is 13.2 Å². The van der Waals surface area contributed by atoms with Crippen LogP contribution in [0.1, 0.15) is 11.1 Å². The van der Waals surface area contributed by atoms with E-state index < -0.39 is 28.5 Å².